The average Bonchev–Trinajstić information content (AvgIpc) is 3.14. The third-order valence-electron chi connectivity index (χ3n) is 4.61. The number of H-pyrrole nitrogens is 1. The summed E-state index contributed by atoms with van der Waals surface area (Å²) in [6.07, 6.45) is 2.86. The molecule has 0 aliphatic carbocycles. The van der Waals surface area contributed by atoms with Gasteiger partial charge in [-0.05, 0) is 35.9 Å². The first kappa shape index (κ1) is 18.5. The van der Waals surface area contributed by atoms with E-state index in [1.165, 1.54) is 37.7 Å². The lowest BCUT2D eigenvalue weighted by Crippen LogP contribution is -2.09. The normalized spacial score (nSPS) is 11.0. The van der Waals surface area contributed by atoms with Crippen LogP contribution in [0.1, 0.15) is 15.9 Å². The smallest absolute Gasteiger partial charge is 0.201 e. The molecule has 0 radical (unpaired) electrons. The largest absolute Gasteiger partial charge is 0.494 e. The Hall–Kier alpha value is -3.81. The number of aromatic nitrogens is 2. The number of ketones is 1. The summed E-state index contributed by atoms with van der Waals surface area (Å²) in [6.45, 7) is 0. The Kier molecular flexibility index (Phi) is 4.46. The minimum Gasteiger partial charge on any atom is -0.494 e. The summed E-state index contributed by atoms with van der Waals surface area (Å²) in [4.78, 5) is 19.9. The zero-order valence-corrected chi connectivity index (χ0v) is 15.1. The van der Waals surface area contributed by atoms with E-state index in [1.54, 1.807) is 6.07 Å². The Balaban J connectivity index is 1.85. The first-order chi connectivity index (χ1) is 13.9. The van der Waals surface area contributed by atoms with Crippen LogP contribution in [-0.2, 0) is 0 Å². The molecule has 2 heterocycles. The van der Waals surface area contributed by atoms with Crippen molar-refractivity contribution in [3.05, 3.63) is 77.4 Å². The van der Waals surface area contributed by atoms with Crippen molar-refractivity contribution in [1.82, 2.24) is 9.97 Å². The van der Waals surface area contributed by atoms with Crippen molar-refractivity contribution in [3.8, 4) is 16.9 Å². The molecule has 0 bridgehead atoms. The fourth-order valence-electron chi connectivity index (χ4n) is 3.10. The second-order valence-corrected chi connectivity index (χ2v) is 6.33. The van der Waals surface area contributed by atoms with Crippen LogP contribution >= 0.6 is 0 Å². The summed E-state index contributed by atoms with van der Waals surface area (Å²) in [5.41, 5.74) is 5.97. The molecule has 0 aliphatic rings. The molecule has 0 amide bonds. The maximum Gasteiger partial charge on any atom is 0.201 e. The number of nitrogen functional groups attached to an aromatic ring is 1. The molecule has 4 aromatic rings. The standard InChI is InChI=1S/C21H14F3N3O2/c1-29-17-7-10(2-3-14(17)22)11-6-12-13(9-27-21(12)26-8-11)20(28)18-15(23)4-5-16(25)19(18)24/h2-9H,25H2,1H3,(H,26,27). The number of methoxy groups -OCH3 is 1. The quantitative estimate of drug-likeness (QED) is 0.393. The van der Waals surface area contributed by atoms with Crippen molar-refractivity contribution in [2.75, 3.05) is 12.8 Å². The molecule has 29 heavy (non-hydrogen) atoms. The molecule has 0 spiro atoms. The van der Waals surface area contributed by atoms with Gasteiger partial charge >= 0.3 is 0 Å². The molecule has 4 rings (SSSR count). The van der Waals surface area contributed by atoms with Crippen LogP contribution in [0.15, 0.2) is 48.8 Å². The number of aromatic amines is 1. The highest BCUT2D eigenvalue weighted by Crippen LogP contribution is 2.30. The summed E-state index contributed by atoms with van der Waals surface area (Å²) in [5.74, 6) is -3.46. The summed E-state index contributed by atoms with van der Waals surface area (Å²) >= 11 is 0. The molecule has 8 heteroatoms. The molecule has 2 aromatic carbocycles. The van der Waals surface area contributed by atoms with E-state index in [4.69, 9.17) is 10.5 Å². The van der Waals surface area contributed by atoms with Crippen LogP contribution < -0.4 is 10.5 Å². The number of hydrogen-bond acceptors (Lipinski definition) is 4. The Morgan fingerprint density at radius 3 is 2.59 bits per heavy atom. The fourth-order valence-corrected chi connectivity index (χ4v) is 3.10. The second kappa shape index (κ2) is 6.97. The van der Waals surface area contributed by atoms with E-state index in [9.17, 15) is 18.0 Å². The highest BCUT2D eigenvalue weighted by molar-refractivity contribution is 6.16. The van der Waals surface area contributed by atoms with Gasteiger partial charge in [-0.2, -0.15) is 0 Å². The number of carbonyl (C=O) groups excluding carboxylic acids is 1. The molecule has 3 N–H and O–H groups in total. The molecule has 5 nitrogen and oxygen atoms in total. The van der Waals surface area contributed by atoms with Crippen molar-refractivity contribution in [1.29, 1.82) is 0 Å². The van der Waals surface area contributed by atoms with Crippen LogP contribution in [0.5, 0.6) is 5.75 Å². The van der Waals surface area contributed by atoms with Crippen molar-refractivity contribution in [2.45, 2.75) is 0 Å². The van der Waals surface area contributed by atoms with Gasteiger partial charge in [-0.1, -0.05) is 6.07 Å². The maximum atomic E-state index is 14.3. The second-order valence-electron chi connectivity index (χ2n) is 6.33. The number of nitrogens with two attached hydrogens (primary N) is 1. The maximum absolute atomic E-state index is 14.3. The van der Waals surface area contributed by atoms with E-state index < -0.39 is 28.8 Å². The monoisotopic (exact) mass is 397 g/mol. The fraction of sp³-hybridized carbons (Fsp3) is 0.0476. The number of carbonyl (C=O) groups is 1. The van der Waals surface area contributed by atoms with Crippen molar-refractivity contribution >= 4 is 22.5 Å². The van der Waals surface area contributed by atoms with Gasteiger partial charge in [-0.15, -0.1) is 0 Å². The minimum absolute atomic E-state index is 0.0341. The Bertz CT molecular complexity index is 1270. The van der Waals surface area contributed by atoms with Gasteiger partial charge in [0.05, 0.1) is 18.4 Å². The van der Waals surface area contributed by atoms with E-state index in [0.29, 0.717) is 22.2 Å². The number of fused-ring (bicyclic) bond motifs is 1. The number of pyridine rings is 1. The zero-order valence-electron chi connectivity index (χ0n) is 15.1. The van der Waals surface area contributed by atoms with Gasteiger partial charge in [0.15, 0.2) is 17.4 Å². The van der Waals surface area contributed by atoms with E-state index in [2.05, 4.69) is 9.97 Å². The van der Waals surface area contributed by atoms with Crippen LogP contribution in [-0.4, -0.2) is 22.9 Å². The van der Waals surface area contributed by atoms with Crippen LogP contribution in [0.25, 0.3) is 22.2 Å². The molecular formula is C21H14F3N3O2. The number of nitrogens with one attached hydrogen (secondary N) is 1. The number of rotatable bonds is 4. The Morgan fingerprint density at radius 1 is 1.07 bits per heavy atom. The summed E-state index contributed by atoms with van der Waals surface area (Å²) in [5, 5.41) is 0.358. The molecule has 146 valence electrons. The van der Waals surface area contributed by atoms with Gasteiger partial charge in [0.1, 0.15) is 11.5 Å². The number of halogens is 3. The molecule has 0 saturated heterocycles. The first-order valence-electron chi connectivity index (χ1n) is 8.50. The molecule has 0 atom stereocenters. The molecular weight excluding hydrogens is 383 g/mol. The topological polar surface area (TPSA) is 81.0 Å². The Labute approximate surface area is 162 Å². The number of ether oxygens (including phenoxy) is 1. The van der Waals surface area contributed by atoms with Crippen LogP contribution in [0.2, 0.25) is 0 Å². The van der Waals surface area contributed by atoms with Gasteiger partial charge in [-0.25, -0.2) is 18.2 Å². The lowest BCUT2D eigenvalue weighted by molar-refractivity contribution is 0.103. The molecule has 0 saturated carbocycles. The van der Waals surface area contributed by atoms with Gasteiger partial charge in [0.25, 0.3) is 0 Å². The lowest BCUT2D eigenvalue weighted by Gasteiger charge is -2.07. The van der Waals surface area contributed by atoms with Gasteiger partial charge in [0.2, 0.25) is 5.78 Å². The zero-order chi connectivity index (χ0) is 20.7. The van der Waals surface area contributed by atoms with Crippen LogP contribution in [0.4, 0.5) is 18.9 Å². The van der Waals surface area contributed by atoms with Crippen molar-refractivity contribution in [3.63, 3.8) is 0 Å². The van der Waals surface area contributed by atoms with E-state index in [0.717, 1.165) is 12.1 Å². The third kappa shape index (κ3) is 3.08. The SMILES string of the molecule is COc1cc(-c2cnc3[nH]cc(C(=O)c4c(F)ccc(N)c4F)c3c2)ccc1F. The molecule has 0 aliphatic heterocycles. The predicted molar refractivity (Wildman–Crippen MR) is 102 cm³/mol. The number of nitrogens with zero attached hydrogens (tertiary/aromatic N) is 1. The highest BCUT2D eigenvalue weighted by atomic mass is 19.1. The summed E-state index contributed by atoms with van der Waals surface area (Å²) in [7, 11) is 1.35. The predicted octanol–water partition coefficient (Wildman–Crippen LogP) is 4.47. The average molecular weight is 397 g/mol. The van der Waals surface area contributed by atoms with E-state index >= 15 is 0 Å². The third-order valence-corrected chi connectivity index (χ3v) is 4.61. The molecule has 0 unspecified atom stereocenters. The number of hydrogen-bond donors (Lipinski definition) is 2. The Morgan fingerprint density at radius 2 is 1.83 bits per heavy atom. The van der Waals surface area contributed by atoms with Crippen LogP contribution in [0.3, 0.4) is 0 Å². The lowest BCUT2D eigenvalue weighted by atomic mass is 9.99. The van der Waals surface area contributed by atoms with Crippen molar-refractivity contribution < 1.29 is 22.7 Å². The molecule has 2 aromatic heterocycles. The van der Waals surface area contributed by atoms with Crippen molar-refractivity contribution in [2.24, 2.45) is 0 Å². The number of anilines is 1. The minimum atomic E-state index is -1.11. The van der Waals surface area contributed by atoms with E-state index in [1.807, 2.05) is 0 Å². The van der Waals surface area contributed by atoms with Gasteiger partial charge < -0.3 is 15.5 Å². The van der Waals surface area contributed by atoms with Crippen LogP contribution in [0, 0.1) is 17.5 Å². The summed E-state index contributed by atoms with van der Waals surface area (Å²) < 4.78 is 47.1. The van der Waals surface area contributed by atoms with Gasteiger partial charge in [0, 0.05) is 28.9 Å². The van der Waals surface area contributed by atoms with Gasteiger partial charge in [-0.3, -0.25) is 4.79 Å². The summed E-state index contributed by atoms with van der Waals surface area (Å²) in [6, 6.07) is 7.89. The number of benzene rings is 2. The highest BCUT2D eigenvalue weighted by Gasteiger charge is 2.24. The van der Waals surface area contributed by atoms with E-state index in [-0.39, 0.29) is 17.0 Å². The molecule has 0 fully saturated rings. The first-order valence-corrected chi connectivity index (χ1v) is 8.50.